The van der Waals surface area contributed by atoms with E-state index in [1.165, 1.54) is 24.0 Å². The van der Waals surface area contributed by atoms with Gasteiger partial charge >= 0.3 is 0 Å². The SMILES string of the molecule is CNC(C)CCCCOc1cccc(C)c1C. The van der Waals surface area contributed by atoms with E-state index in [0.717, 1.165) is 18.8 Å². The van der Waals surface area contributed by atoms with Gasteiger partial charge in [-0.15, -0.1) is 0 Å². The fraction of sp³-hybridized carbons (Fsp3) is 0.600. The van der Waals surface area contributed by atoms with Crippen LogP contribution < -0.4 is 10.1 Å². The Kier molecular flexibility index (Phi) is 6.06. The second-order valence-electron chi connectivity index (χ2n) is 4.73. The van der Waals surface area contributed by atoms with Gasteiger partial charge in [-0.2, -0.15) is 0 Å². The van der Waals surface area contributed by atoms with Crippen molar-refractivity contribution in [1.29, 1.82) is 0 Å². The summed E-state index contributed by atoms with van der Waals surface area (Å²) in [5.41, 5.74) is 2.56. The molecule has 1 unspecified atom stereocenters. The molecular formula is C15H25NO. The van der Waals surface area contributed by atoms with Gasteiger partial charge in [-0.05, 0) is 64.3 Å². The maximum atomic E-state index is 5.81. The molecule has 96 valence electrons. The van der Waals surface area contributed by atoms with Crippen molar-refractivity contribution in [3.8, 4) is 5.75 Å². The predicted octanol–water partition coefficient (Wildman–Crippen LogP) is 3.46. The molecule has 1 atom stereocenters. The fourth-order valence-corrected chi connectivity index (χ4v) is 1.76. The van der Waals surface area contributed by atoms with Crippen LogP contribution in [0.2, 0.25) is 0 Å². The molecule has 0 bridgehead atoms. The second-order valence-corrected chi connectivity index (χ2v) is 4.73. The van der Waals surface area contributed by atoms with Crippen LogP contribution in [0.25, 0.3) is 0 Å². The van der Waals surface area contributed by atoms with E-state index < -0.39 is 0 Å². The van der Waals surface area contributed by atoms with E-state index in [1.807, 2.05) is 7.05 Å². The summed E-state index contributed by atoms with van der Waals surface area (Å²) >= 11 is 0. The van der Waals surface area contributed by atoms with Gasteiger partial charge in [-0.3, -0.25) is 0 Å². The summed E-state index contributed by atoms with van der Waals surface area (Å²) in [6.07, 6.45) is 3.55. The van der Waals surface area contributed by atoms with Gasteiger partial charge in [0, 0.05) is 6.04 Å². The highest BCUT2D eigenvalue weighted by atomic mass is 16.5. The quantitative estimate of drug-likeness (QED) is 0.731. The first-order valence-corrected chi connectivity index (χ1v) is 6.51. The summed E-state index contributed by atoms with van der Waals surface area (Å²) in [7, 11) is 2.01. The number of ether oxygens (including phenoxy) is 1. The third kappa shape index (κ3) is 4.78. The molecule has 0 aliphatic heterocycles. The van der Waals surface area contributed by atoms with E-state index in [9.17, 15) is 0 Å². The van der Waals surface area contributed by atoms with E-state index in [-0.39, 0.29) is 0 Å². The highest BCUT2D eigenvalue weighted by molar-refractivity contribution is 5.38. The van der Waals surface area contributed by atoms with E-state index in [2.05, 4.69) is 44.3 Å². The van der Waals surface area contributed by atoms with E-state index in [4.69, 9.17) is 4.74 Å². The third-order valence-electron chi connectivity index (χ3n) is 3.34. The maximum Gasteiger partial charge on any atom is 0.122 e. The molecular weight excluding hydrogens is 210 g/mol. The molecule has 0 aromatic heterocycles. The molecule has 0 heterocycles. The molecule has 0 aliphatic rings. The Morgan fingerprint density at radius 1 is 1.24 bits per heavy atom. The van der Waals surface area contributed by atoms with Gasteiger partial charge in [0.05, 0.1) is 6.61 Å². The number of nitrogens with one attached hydrogen (secondary N) is 1. The number of aryl methyl sites for hydroxylation is 1. The number of benzene rings is 1. The maximum absolute atomic E-state index is 5.81. The van der Waals surface area contributed by atoms with Crippen molar-refractivity contribution in [2.45, 2.75) is 46.1 Å². The van der Waals surface area contributed by atoms with Crippen molar-refractivity contribution < 1.29 is 4.74 Å². The Balaban J connectivity index is 2.25. The van der Waals surface area contributed by atoms with Crippen LogP contribution in [-0.2, 0) is 0 Å². The Hall–Kier alpha value is -1.02. The monoisotopic (exact) mass is 235 g/mol. The number of hydrogen-bond acceptors (Lipinski definition) is 2. The average molecular weight is 235 g/mol. The highest BCUT2D eigenvalue weighted by Gasteiger charge is 2.02. The lowest BCUT2D eigenvalue weighted by Gasteiger charge is -2.12. The van der Waals surface area contributed by atoms with Gasteiger partial charge in [-0.25, -0.2) is 0 Å². The van der Waals surface area contributed by atoms with Gasteiger partial charge in [0.15, 0.2) is 0 Å². The summed E-state index contributed by atoms with van der Waals surface area (Å²) in [4.78, 5) is 0. The van der Waals surface area contributed by atoms with Crippen LogP contribution >= 0.6 is 0 Å². The van der Waals surface area contributed by atoms with E-state index >= 15 is 0 Å². The normalized spacial score (nSPS) is 12.5. The number of rotatable bonds is 7. The minimum atomic E-state index is 0.607. The first-order chi connectivity index (χ1) is 8.15. The van der Waals surface area contributed by atoms with Crippen molar-refractivity contribution in [1.82, 2.24) is 5.32 Å². The predicted molar refractivity (Wildman–Crippen MR) is 73.8 cm³/mol. The van der Waals surface area contributed by atoms with Crippen LogP contribution in [0.5, 0.6) is 5.75 Å². The summed E-state index contributed by atoms with van der Waals surface area (Å²) < 4.78 is 5.81. The zero-order valence-electron chi connectivity index (χ0n) is 11.5. The van der Waals surface area contributed by atoms with Crippen molar-refractivity contribution in [3.63, 3.8) is 0 Å². The molecule has 0 amide bonds. The summed E-state index contributed by atoms with van der Waals surface area (Å²) in [5.74, 6) is 1.03. The molecule has 0 saturated heterocycles. The van der Waals surface area contributed by atoms with Crippen LogP contribution in [0.15, 0.2) is 18.2 Å². The Morgan fingerprint density at radius 2 is 2.00 bits per heavy atom. The largest absolute Gasteiger partial charge is 0.493 e. The highest BCUT2D eigenvalue weighted by Crippen LogP contribution is 2.20. The molecule has 0 aliphatic carbocycles. The lowest BCUT2D eigenvalue weighted by molar-refractivity contribution is 0.300. The van der Waals surface area contributed by atoms with Crippen molar-refractivity contribution in [2.75, 3.05) is 13.7 Å². The fourth-order valence-electron chi connectivity index (χ4n) is 1.76. The Bertz CT molecular complexity index is 336. The molecule has 1 N–H and O–H groups in total. The molecule has 1 rings (SSSR count). The van der Waals surface area contributed by atoms with Crippen molar-refractivity contribution >= 4 is 0 Å². The molecule has 1 aromatic carbocycles. The minimum Gasteiger partial charge on any atom is -0.493 e. The zero-order chi connectivity index (χ0) is 12.7. The summed E-state index contributed by atoms with van der Waals surface area (Å²) in [6.45, 7) is 7.27. The van der Waals surface area contributed by atoms with E-state index in [1.54, 1.807) is 0 Å². The topological polar surface area (TPSA) is 21.3 Å². The van der Waals surface area contributed by atoms with Gasteiger partial charge in [0.1, 0.15) is 5.75 Å². The second kappa shape index (κ2) is 7.33. The smallest absolute Gasteiger partial charge is 0.122 e. The standard InChI is InChI=1S/C15H25NO/c1-12-8-7-10-15(14(12)3)17-11-6-5-9-13(2)16-4/h7-8,10,13,16H,5-6,9,11H2,1-4H3. The molecule has 2 heteroatoms. The van der Waals surface area contributed by atoms with Gasteiger partial charge in [0.2, 0.25) is 0 Å². The number of unbranched alkanes of at least 4 members (excludes halogenated alkanes) is 1. The van der Waals surface area contributed by atoms with Crippen LogP contribution in [0.1, 0.15) is 37.3 Å². The molecule has 2 nitrogen and oxygen atoms in total. The molecule has 0 radical (unpaired) electrons. The lowest BCUT2D eigenvalue weighted by atomic mass is 10.1. The van der Waals surface area contributed by atoms with Crippen molar-refractivity contribution in [3.05, 3.63) is 29.3 Å². The van der Waals surface area contributed by atoms with Gasteiger partial charge < -0.3 is 10.1 Å². The van der Waals surface area contributed by atoms with Crippen LogP contribution in [-0.4, -0.2) is 19.7 Å². The summed E-state index contributed by atoms with van der Waals surface area (Å²) in [6, 6.07) is 6.84. The van der Waals surface area contributed by atoms with Gasteiger partial charge in [0.25, 0.3) is 0 Å². The molecule has 0 saturated carbocycles. The summed E-state index contributed by atoms with van der Waals surface area (Å²) in [5, 5.41) is 3.25. The molecule has 0 spiro atoms. The Labute approximate surface area is 105 Å². The van der Waals surface area contributed by atoms with Crippen LogP contribution in [0.4, 0.5) is 0 Å². The number of hydrogen-bond donors (Lipinski definition) is 1. The first kappa shape index (κ1) is 14.0. The molecule has 1 aromatic rings. The van der Waals surface area contributed by atoms with E-state index in [0.29, 0.717) is 6.04 Å². The third-order valence-corrected chi connectivity index (χ3v) is 3.34. The van der Waals surface area contributed by atoms with Crippen LogP contribution in [0, 0.1) is 13.8 Å². The van der Waals surface area contributed by atoms with Gasteiger partial charge in [-0.1, -0.05) is 12.1 Å². The zero-order valence-corrected chi connectivity index (χ0v) is 11.5. The minimum absolute atomic E-state index is 0.607. The lowest BCUT2D eigenvalue weighted by Crippen LogP contribution is -2.20. The van der Waals surface area contributed by atoms with Crippen LogP contribution in [0.3, 0.4) is 0 Å². The first-order valence-electron chi connectivity index (χ1n) is 6.51. The van der Waals surface area contributed by atoms with Crippen molar-refractivity contribution in [2.24, 2.45) is 0 Å². The average Bonchev–Trinajstić information content (AvgIpc) is 2.33. The Morgan fingerprint density at radius 3 is 2.71 bits per heavy atom. The molecule has 0 fully saturated rings. The molecule has 17 heavy (non-hydrogen) atoms.